The van der Waals surface area contributed by atoms with Gasteiger partial charge in [0.15, 0.2) is 11.9 Å². The molecule has 22 heavy (non-hydrogen) atoms. The van der Waals surface area contributed by atoms with E-state index in [0.29, 0.717) is 6.61 Å². The van der Waals surface area contributed by atoms with Gasteiger partial charge in [0.05, 0.1) is 6.61 Å². The van der Waals surface area contributed by atoms with Crippen LogP contribution in [-0.2, 0) is 23.9 Å². The number of unbranched alkanes of at least 4 members (excludes halogenated alkanes) is 6. The Bertz CT molecular complexity index is 373. The molecule has 0 aliphatic carbocycles. The third-order valence-corrected chi connectivity index (χ3v) is 3.21. The zero-order valence-electron chi connectivity index (χ0n) is 13.9. The van der Waals surface area contributed by atoms with Gasteiger partial charge in [-0.25, -0.2) is 9.59 Å². The number of rotatable bonds is 12. The van der Waals surface area contributed by atoms with E-state index in [1.54, 1.807) is 0 Å². The van der Waals surface area contributed by atoms with E-state index in [1.807, 2.05) is 0 Å². The van der Waals surface area contributed by atoms with Crippen molar-refractivity contribution >= 4 is 17.7 Å². The average molecular weight is 312 g/mol. The lowest BCUT2D eigenvalue weighted by Gasteiger charge is -2.06. The van der Waals surface area contributed by atoms with Gasteiger partial charge < -0.3 is 9.47 Å². The Morgan fingerprint density at radius 1 is 0.909 bits per heavy atom. The number of hydrogen-bond donors (Lipinski definition) is 0. The third-order valence-electron chi connectivity index (χ3n) is 3.21. The molecule has 0 aromatic heterocycles. The van der Waals surface area contributed by atoms with Crippen molar-refractivity contribution < 1.29 is 23.9 Å². The first-order valence-electron chi connectivity index (χ1n) is 8.03. The van der Waals surface area contributed by atoms with Crippen molar-refractivity contribution in [2.75, 3.05) is 6.61 Å². The van der Waals surface area contributed by atoms with Crippen molar-refractivity contribution in [2.45, 2.75) is 71.8 Å². The fourth-order valence-electron chi connectivity index (χ4n) is 1.71. The molecular formula is C17H28O5. The molecule has 0 aromatic carbocycles. The van der Waals surface area contributed by atoms with Crippen molar-refractivity contribution in [3.63, 3.8) is 0 Å². The van der Waals surface area contributed by atoms with E-state index in [1.165, 1.54) is 39.5 Å². The van der Waals surface area contributed by atoms with Gasteiger partial charge >= 0.3 is 11.9 Å². The Hall–Kier alpha value is -1.65. The summed E-state index contributed by atoms with van der Waals surface area (Å²) < 4.78 is 9.74. The van der Waals surface area contributed by atoms with Crippen molar-refractivity contribution in [1.29, 1.82) is 0 Å². The van der Waals surface area contributed by atoms with Crippen LogP contribution in [0.4, 0.5) is 0 Å². The maximum absolute atomic E-state index is 11.4. The monoisotopic (exact) mass is 312 g/mol. The SMILES string of the molecule is CCCCCCCCCOC(=O)/C=C/C(=O)OC(C)C(C)=O. The first-order valence-corrected chi connectivity index (χ1v) is 8.03. The van der Waals surface area contributed by atoms with E-state index in [2.05, 4.69) is 6.92 Å². The molecule has 0 amide bonds. The summed E-state index contributed by atoms with van der Waals surface area (Å²) >= 11 is 0. The summed E-state index contributed by atoms with van der Waals surface area (Å²) in [5.41, 5.74) is 0. The first kappa shape index (κ1) is 20.3. The Kier molecular flexibility index (Phi) is 12.1. The summed E-state index contributed by atoms with van der Waals surface area (Å²) in [5.74, 6) is -1.54. The van der Waals surface area contributed by atoms with Gasteiger partial charge in [-0.15, -0.1) is 0 Å². The number of ether oxygens (including phenoxy) is 2. The second kappa shape index (κ2) is 13.0. The van der Waals surface area contributed by atoms with E-state index in [0.717, 1.165) is 31.4 Å². The fraction of sp³-hybridized carbons (Fsp3) is 0.706. The number of ketones is 1. The molecule has 0 aromatic rings. The molecule has 0 aliphatic heterocycles. The lowest BCUT2D eigenvalue weighted by atomic mass is 10.1. The number of carbonyl (C=O) groups excluding carboxylic acids is 3. The van der Waals surface area contributed by atoms with E-state index >= 15 is 0 Å². The number of Topliss-reactive ketones (excluding diaryl/α,β-unsaturated/α-hetero) is 1. The predicted molar refractivity (Wildman–Crippen MR) is 84.3 cm³/mol. The smallest absolute Gasteiger partial charge is 0.331 e. The molecule has 1 atom stereocenters. The van der Waals surface area contributed by atoms with Crippen molar-refractivity contribution in [3.8, 4) is 0 Å². The largest absolute Gasteiger partial charge is 0.463 e. The summed E-state index contributed by atoms with van der Waals surface area (Å²) in [6.45, 7) is 5.35. The molecule has 0 spiro atoms. The van der Waals surface area contributed by atoms with Crippen LogP contribution in [-0.4, -0.2) is 30.4 Å². The Labute approximate surface area is 133 Å². The maximum Gasteiger partial charge on any atom is 0.331 e. The maximum atomic E-state index is 11.4. The van der Waals surface area contributed by atoms with Crippen molar-refractivity contribution in [2.24, 2.45) is 0 Å². The second-order valence-electron chi connectivity index (χ2n) is 5.31. The van der Waals surface area contributed by atoms with E-state index < -0.39 is 18.0 Å². The van der Waals surface area contributed by atoms with Crippen LogP contribution in [0.3, 0.4) is 0 Å². The summed E-state index contributed by atoms with van der Waals surface area (Å²) in [4.78, 5) is 33.6. The van der Waals surface area contributed by atoms with E-state index in [-0.39, 0.29) is 5.78 Å². The van der Waals surface area contributed by atoms with Crippen molar-refractivity contribution in [1.82, 2.24) is 0 Å². The minimum Gasteiger partial charge on any atom is -0.463 e. The standard InChI is InChI=1S/C17H28O5/c1-4-5-6-7-8-9-10-13-21-16(19)11-12-17(20)22-15(3)14(2)18/h11-12,15H,4-10,13H2,1-3H3/b12-11+. The molecule has 0 saturated heterocycles. The molecule has 126 valence electrons. The minimum atomic E-state index is -0.805. The molecule has 0 N–H and O–H groups in total. The van der Waals surface area contributed by atoms with Gasteiger partial charge in [0, 0.05) is 12.2 Å². The molecule has 1 unspecified atom stereocenters. The Balaban J connectivity index is 3.66. The highest BCUT2D eigenvalue weighted by Gasteiger charge is 2.11. The highest BCUT2D eigenvalue weighted by molar-refractivity contribution is 5.93. The topological polar surface area (TPSA) is 69.7 Å². The molecule has 0 saturated carbocycles. The van der Waals surface area contributed by atoms with Gasteiger partial charge in [0.2, 0.25) is 0 Å². The molecule has 0 radical (unpaired) electrons. The van der Waals surface area contributed by atoms with Crippen LogP contribution in [0.25, 0.3) is 0 Å². The molecule has 0 rings (SSSR count). The van der Waals surface area contributed by atoms with Crippen LogP contribution < -0.4 is 0 Å². The normalized spacial score (nSPS) is 12.1. The highest BCUT2D eigenvalue weighted by atomic mass is 16.5. The summed E-state index contributed by atoms with van der Waals surface area (Å²) in [7, 11) is 0. The second-order valence-corrected chi connectivity index (χ2v) is 5.31. The molecule has 5 heteroatoms. The predicted octanol–water partition coefficient (Wildman–Crippen LogP) is 3.36. The van der Waals surface area contributed by atoms with Gasteiger partial charge in [-0.2, -0.15) is 0 Å². The van der Waals surface area contributed by atoms with Gasteiger partial charge in [0.1, 0.15) is 0 Å². The third kappa shape index (κ3) is 12.1. The lowest BCUT2D eigenvalue weighted by molar-refractivity contribution is -0.148. The number of hydrogen-bond acceptors (Lipinski definition) is 5. The van der Waals surface area contributed by atoms with Crippen LogP contribution in [0.1, 0.15) is 65.7 Å². The summed E-state index contributed by atoms with van der Waals surface area (Å²) in [6, 6.07) is 0. The van der Waals surface area contributed by atoms with Gasteiger partial charge in [-0.05, 0) is 20.3 Å². The molecule has 0 aliphatic rings. The van der Waals surface area contributed by atoms with Crippen LogP contribution in [0, 0.1) is 0 Å². The zero-order valence-corrected chi connectivity index (χ0v) is 13.9. The quantitative estimate of drug-likeness (QED) is 0.314. The molecule has 5 nitrogen and oxygen atoms in total. The molecular weight excluding hydrogens is 284 g/mol. The first-order chi connectivity index (χ1) is 10.5. The molecule has 0 bridgehead atoms. The van der Waals surface area contributed by atoms with Crippen LogP contribution in [0.5, 0.6) is 0 Å². The summed E-state index contributed by atoms with van der Waals surface area (Å²) in [5, 5.41) is 0. The van der Waals surface area contributed by atoms with E-state index in [9.17, 15) is 14.4 Å². The average Bonchev–Trinajstić information content (AvgIpc) is 2.47. The Morgan fingerprint density at radius 2 is 1.45 bits per heavy atom. The minimum absolute atomic E-state index is 0.247. The van der Waals surface area contributed by atoms with Crippen LogP contribution >= 0.6 is 0 Å². The van der Waals surface area contributed by atoms with Gasteiger partial charge in [0.25, 0.3) is 0 Å². The van der Waals surface area contributed by atoms with Crippen LogP contribution in [0.15, 0.2) is 12.2 Å². The van der Waals surface area contributed by atoms with Crippen LogP contribution in [0.2, 0.25) is 0 Å². The Morgan fingerprint density at radius 3 is 2.05 bits per heavy atom. The van der Waals surface area contributed by atoms with Crippen molar-refractivity contribution in [3.05, 3.63) is 12.2 Å². The zero-order chi connectivity index (χ0) is 16.8. The highest BCUT2D eigenvalue weighted by Crippen LogP contribution is 2.06. The van der Waals surface area contributed by atoms with E-state index in [4.69, 9.17) is 9.47 Å². The van der Waals surface area contributed by atoms with Gasteiger partial charge in [-0.1, -0.05) is 45.4 Å². The number of esters is 2. The lowest BCUT2D eigenvalue weighted by Crippen LogP contribution is -2.20. The number of carbonyl (C=O) groups is 3. The summed E-state index contributed by atoms with van der Waals surface area (Å²) in [6.07, 6.45) is 9.22. The fourth-order valence-corrected chi connectivity index (χ4v) is 1.71. The molecule has 0 heterocycles. The van der Waals surface area contributed by atoms with Gasteiger partial charge in [-0.3, -0.25) is 4.79 Å². The molecule has 0 fully saturated rings.